The molecule has 0 saturated heterocycles. The Hall–Kier alpha value is -1.36. The molecule has 0 amide bonds. The van der Waals surface area contributed by atoms with Gasteiger partial charge in [0, 0.05) is 20.0 Å². The third-order valence-corrected chi connectivity index (χ3v) is 2.24. The molecule has 0 bridgehead atoms. The molecule has 1 rings (SSSR count). The van der Waals surface area contributed by atoms with Gasteiger partial charge in [-0.2, -0.15) is 13.2 Å². The molecule has 5 heteroatoms. The largest absolute Gasteiger partial charge is 0.416 e. The third-order valence-electron chi connectivity index (χ3n) is 2.24. The van der Waals surface area contributed by atoms with Gasteiger partial charge in [-0.1, -0.05) is 18.2 Å². The minimum absolute atomic E-state index is 0.00722. The number of carbonyl (C=O) groups is 1. The average molecular weight is 246 g/mol. The average Bonchev–Trinajstić information content (AvgIpc) is 2.25. The lowest BCUT2D eigenvalue weighted by Crippen LogP contribution is -2.09. The van der Waals surface area contributed by atoms with E-state index in [1.807, 2.05) is 0 Å². The van der Waals surface area contributed by atoms with Crippen molar-refractivity contribution in [1.29, 1.82) is 0 Å². The van der Waals surface area contributed by atoms with Gasteiger partial charge in [-0.25, -0.2) is 0 Å². The van der Waals surface area contributed by atoms with Gasteiger partial charge in [0.05, 0.1) is 12.2 Å². The highest BCUT2D eigenvalue weighted by molar-refractivity contribution is 5.80. The van der Waals surface area contributed by atoms with Crippen LogP contribution < -0.4 is 0 Å². The maximum Gasteiger partial charge on any atom is 0.416 e. The molecule has 94 valence electrons. The van der Waals surface area contributed by atoms with Crippen molar-refractivity contribution in [2.45, 2.75) is 19.0 Å². The molecule has 0 unspecified atom stereocenters. The first-order chi connectivity index (χ1) is 7.93. The molecule has 2 nitrogen and oxygen atoms in total. The van der Waals surface area contributed by atoms with E-state index in [9.17, 15) is 18.0 Å². The van der Waals surface area contributed by atoms with E-state index in [1.165, 1.54) is 19.2 Å². The maximum atomic E-state index is 12.4. The van der Waals surface area contributed by atoms with Crippen LogP contribution in [0.15, 0.2) is 24.3 Å². The van der Waals surface area contributed by atoms with Crippen molar-refractivity contribution in [1.82, 2.24) is 0 Å². The lowest BCUT2D eigenvalue weighted by atomic mass is 10.0. The van der Waals surface area contributed by atoms with E-state index in [2.05, 4.69) is 0 Å². The van der Waals surface area contributed by atoms with E-state index in [-0.39, 0.29) is 25.2 Å². The predicted octanol–water partition coefficient (Wildman–Crippen LogP) is 2.85. The summed E-state index contributed by atoms with van der Waals surface area (Å²) in [6.07, 6.45) is -4.15. The zero-order chi connectivity index (χ0) is 12.9. The molecule has 0 atom stereocenters. The van der Waals surface area contributed by atoms with E-state index in [0.717, 1.165) is 12.1 Å². The first-order valence-electron chi connectivity index (χ1n) is 5.10. The molecular formula is C12H13F3O2. The fourth-order valence-electron chi connectivity index (χ4n) is 1.39. The van der Waals surface area contributed by atoms with Gasteiger partial charge < -0.3 is 4.74 Å². The van der Waals surface area contributed by atoms with Crippen LogP contribution in [-0.2, 0) is 22.1 Å². The number of Topliss-reactive ketones (excluding diaryl/α,β-unsaturated/α-hetero) is 1. The summed E-state index contributed by atoms with van der Waals surface area (Å²) in [7, 11) is 1.47. The Morgan fingerprint density at radius 2 is 2.06 bits per heavy atom. The van der Waals surface area contributed by atoms with Crippen LogP contribution in [-0.4, -0.2) is 19.5 Å². The Kier molecular flexibility index (Phi) is 4.69. The second-order valence-electron chi connectivity index (χ2n) is 3.66. The summed E-state index contributed by atoms with van der Waals surface area (Å²) in [5.74, 6) is -0.133. The molecule has 0 spiro atoms. The van der Waals surface area contributed by atoms with Crippen LogP contribution in [0, 0.1) is 0 Å². The maximum absolute atomic E-state index is 12.4. The van der Waals surface area contributed by atoms with Crippen molar-refractivity contribution in [3.63, 3.8) is 0 Å². The summed E-state index contributed by atoms with van der Waals surface area (Å²) in [6.45, 7) is 0.289. The topological polar surface area (TPSA) is 26.3 Å². The molecular weight excluding hydrogens is 233 g/mol. The van der Waals surface area contributed by atoms with Gasteiger partial charge in [0.1, 0.15) is 5.78 Å². The summed E-state index contributed by atoms with van der Waals surface area (Å²) < 4.78 is 41.9. The molecule has 0 aromatic heterocycles. The summed E-state index contributed by atoms with van der Waals surface area (Å²) >= 11 is 0. The SMILES string of the molecule is COCCC(=O)Cc1cccc(C(F)(F)F)c1. The summed E-state index contributed by atoms with van der Waals surface area (Å²) in [4.78, 5) is 11.4. The molecule has 0 aliphatic heterocycles. The van der Waals surface area contributed by atoms with Crippen LogP contribution in [0.5, 0.6) is 0 Å². The van der Waals surface area contributed by atoms with Crippen LogP contribution in [0.2, 0.25) is 0 Å². The number of hydrogen-bond donors (Lipinski definition) is 0. The molecule has 0 saturated carbocycles. The highest BCUT2D eigenvalue weighted by Crippen LogP contribution is 2.29. The Bertz CT molecular complexity index is 386. The van der Waals surface area contributed by atoms with Crippen LogP contribution in [0.1, 0.15) is 17.5 Å². The van der Waals surface area contributed by atoms with Crippen molar-refractivity contribution in [3.05, 3.63) is 35.4 Å². The highest BCUT2D eigenvalue weighted by atomic mass is 19.4. The van der Waals surface area contributed by atoms with E-state index in [0.29, 0.717) is 5.56 Å². The molecule has 1 aromatic rings. The van der Waals surface area contributed by atoms with Gasteiger partial charge in [-0.15, -0.1) is 0 Å². The number of methoxy groups -OCH3 is 1. The molecule has 17 heavy (non-hydrogen) atoms. The Labute approximate surface area is 97.4 Å². The predicted molar refractivity (Wildman–Crippen MR) is 56.6 cm³/mol. The highest BCUT2D eigenvalue weighted by Gasteiger charge is 2.30. The molecule has 0 radical (unpaired) electrons. The Morgan fingerprint density at radius 3 is 2.65 bits per heavy atom. The molecule has 0 aliphatic carbocycles. The van der Waals surface area contributed by atoms with Crippen LogP contribution in [0.4, 0.5) is 13.2 Å². The fraction of sp³-hybridized carbons (Fsp3) is 0.417. The lowest BCUT2D eigenvalue weighted by molar-refractivity contribution is -0.137. The zero-order valence-electron chi connectivity index (χ0n) is 9.38. The normalized spacial score (nSPS) is 11.5. The molecule has 1 aromatic carbocycles. The smallest absolute Gasteiger partial charge is 0.384 e. The number of alkyl halides is 3. The van der Waals surface area contributed by atoms with Crippen LogP contribution >= 0.6 is 0 Å². The number of hydrogen-bond acceptors (Lipinski definition) is 2. The van der Waals surface area contributed by atoms with E-state index in [4.69, 9.17) is 4.74 Å². The first kappa shape index (κ1) is 13.7. The number of ketones is 1. The van der Waals surface area contributed by atoms with Crippen LogP contribution in [0.3, 0.4) is 0 Å². The molecule has 0 N–H and O–H groups in total. The number of carbonyl (C=O) groups excluding carboxylic acids is 1. The second kappa shape index (κ2) is 5.82. The van der Waals surface area contributed by atoms with Crippen molar-refractivity contribution in [2.24, 2.45) is 0 Å². The third kappa shape index (κ3) is 4.56. The summed E-state index contributed by atoms with van der Waals surface area (Å²) in [5.41, 5.74) is -0.351. The molecule has 0 aliphatic rings. The van der Waals surface area contributed by atoms with E-state index >= 15 is 0 Å². The van der Waals surface area contributed by atoms with E-state index < -0.39 is 11.7 Å². The van der Waals surface area contributed by atoms with Gasteiger partial charge in [0.2, 0.25) is 0 Å². The quantitative estimate of drug-likeness (QED) is 0.798. The monoisotopic (exact) mass is 246 g/mol. The minimum atomic E-state index is -4.37. The standard InChI is InChI=1S/C12H13F3O2/c1-17-6-5-11(16)8-9-3-2-4-10(7-9)12(13,14)15/h2-4,7H,5-6,8H2,1H3. The van der Waals surface area contributed by atoms with Crippen molar-refractivity contribution >= 4 is 5.78 Å². The van der Waals surface area contributed by atoms with Crippen molar-refractivity contribution < 1.29 is 22.7 Å². The van der Waals surface area contributed by atoms with Gasteiger partial charge >= 0.3 is 6.18 Å². The summed E-state index contributed by atoms with van der Waals surface area (Å²) in [5, 5.41) is 0. The van der Waals surface area contributed by atoms with Crippen molar-refractivity contribution in [3.8, 4) is 0 Å². The number of rotatable bonds is 5. The Balaban J connectivity index is 2.69. The zero-order valence-corrected chi connectivity index (χ0v) is 9.38. The minimum Gasteiger partial charge on any atom is -0.384 e. The number of halogens is 3. The van der Waals surface area contributed by atoms with Gasteiger partial charge in [0.25, 0.3) is 0 Å². The lowest BCUT2D eigenvalue weighted by Gasteiger charge is -2.08. The summed E-state index contributed by atoms with van der Waals surface area (Å²) in [6, 6.07) is 4.82. The first-order valence-corrected chi connectivity index (χ1v) is 5.10. The molecule has 0 heterocycles. The fourth-order valence-corrected chi connectivity index (χ4v) is 1.39. The Morgan fingerprint density at radius 1 is 1.35 bits per heavy atom. The second-order valence-corrected chi connectivity index (χ2v) is 3.66. The number of benzene rings is 1. The number of ether oxygens (including phenoxy) is 1. The van der Waals surface area contributed by atoms with Crippen molar-refractivity contribution in [2.75, 3.05) is 13.7 Å². The van der Waals surface area contributed by atoms with Gasteiger partial charge in [-0.3, -0.25) is 4.79 Å². The van der Waals surface area contributed by atoms with Gasteiger partial charge in [-0.05, 0) is 11.6 Å². The molecule has 0 fully saturated rings. The van der Waals surface area contributed by atoms with Crippen LogP contribution in [0.25, 0.3) is 0 Å². The van der Waals surface area contributed by atoms with Gasteiger partial charge in [0.15, 0.2) is 0 Å². The van der Waals surface area contributed by atoms with E-state index in [1.54, 1.807) is 0 Å².